The lowest BCUT2D eigenvalue weighted by Gasteiger charge is -2.10. The van der Waals surface area contributed by atoms with E-state index >= 15 is 0 Å². The molecule has 1 heterocycles. The first-order chi connectivity index (χ1) is 11.5. The summed E-state index contributed by atoms with van der Waals surface area (Å²) in [7, 11) is 0. The number of hydrogen-bond acceptors (Lipinski definition) is 6. The predicted molar refractivity (Wildman–Crippen MR) is 82.7 cm³/mol. The minimum atomic E-state index is -1.82. The third-order valence-electron chi connectivity index (χ3n) is 2.73. The van der Waals surface area contributed by atoms with Gasteiger partial charge in [-0.25, -0.2) is 14.6 Å². The maximum Gasteiger partial charge on any atom is 0.414 e. The molecule has 1 aromatic heterocycles. The number of aromatic amines is 1. The van der Waals surface area contributed by atoms with Crippen LogP contribution in [0.15, 0.2) is 47.2 Å². The second-order valence-corrected chi connectivity index (χ2v) is 4.53. The molecule has 24 heavy (non-hydrogen) atoms. The quantitative estimate of drug-likeness (QED) is 0.209. The van der Waals surface area contributed by atoms with E-state index in [9.17, 15) is 0 Å². The zero-order valence-corrected chi connectivity index (χ0v) is 12.7. The summed E-state index contributed by atoms with van der Waals surface area (Å²) in [5.41, 5.74) is 1.92. The molecular formula is C15H17N3O6. The van der Waals surface area contributed by atoms with Crippen molar-refractivity contribution in [3.8, 4) is 0 Å². The summed E-state index contributed by atoms with van der Waals surface area (Å²) in [6.45, 7) is 0.638. The number of nitrogens with zero attached hydrogens (tertiary/aromatic N) is 2. The van der Waals surface area contributed by atoms with E-state index < -0.39 is 11.9 Å². The van der Waals surface area contributed by atoms with Crippen LogP contribution in [0.25, 0.3) is 0 Å². The highest BCUT2D eigenvalue weighted by Gasteiger charge is 2.04. The molecule has 0 aliphatic heterocycles. The average molecular weight is 335 g/mol. The van der Waals surface area contributed by atoms with E-state index in [4.69, 9.17) is 29.7 Å². The van der Waals surface area contributed by atoms with Gasteiger partial charge in [-0.15, -0.1) is 0 Å². The third-order valence-corrected chi connectivity index (χ3v) is 2.73. The summed E-state index contributed by atoms with van der Waals surface area (Å²) in [5.74, 6) is -0.370. The van der Waals surface area contributed by atoms with E-state index in [0.717, 1.165) is 29.9 Å². The van der Waals surface area contributed by atoms with Crippen molar-refractivity contribution in [2.24, 2.45) is 5.16 Å². The molecule has 2 rings (SSSR count). The van der Waals surface area contributed by atoms with Crippen LogP contribution >= 0.6 is 0 Å². The Morgan fingerprint density at radius 3 is 2.71 bits per heavy atom. The van der Waals surface area contributed by atoms with Gasteiger partial charge in [0.25, 0.3) is 0 Å². The molecule has 0 saturated carbocycles. The molecule has 1 aliphatic carbocycles. The number of ether oxygens (including phenoxy) is 1. The highest BCUT2D eigenvalue weighted by molar-refractivity contribution is 6.27. The Kier molecular flexibility index (Phi) is 8.13. The zero-order chi connectivity index (χ0) is 17.8. The van der Waals surface area contributed by atoms with Crippen molar-refractivity contribution >= 4 is 17.8 Å². The summed E-state index contributed by atoms with van der Waals surface area (Å²) in [6.07, 6.45) is 11.7. The van der Waals surface area contributed by atoms with Gasteiger partial charge in [0.1, 0.15) is 5.76 Å². The fourth-order valence-corrected chi connectivity index (χ4v) is 1.69. The Balaban J connectivity index is 0.000000413. The molecule has 4 N–H and O–H groups in total. The maximum atomic E-state index is 9.10. The van der Waals surface area contributed by atoms with Crippen LogP contribution in [0.1, 0.15) is 18.5 Å². The predicted octanol–water partition coefficient (Wildman–Crippen LogP) is 1.34. The molecule has 0 spiro atoms. The fourth-order valence-electron chi connectivity index (χ4n) is 1.69. The minimum Gasteiger partial charge on any atom is -0.494 e. The number of aryl methyl sites for hydroxylation is 1. The molecule has 0 fully saturated rings. The first-order valence-corrected chi connectivity index (χ1v) is 6.93. The second-order valence-electron chi connectivity index (χ2n) is 4.53. The van der Waals surface area contributed by atoms with Gasteiger partial charge in [0.15, 0.2) is 0 Å². The number of carboxylic acids is 2. The Labute approximate surface area is 137 Å². The van der Waals surface area contributed by atoms with Crippen LogP contribution in [0.3, 0.4) is 0 Å². The number of carboxylic acid groups (broad SMARTS) is 2. The molecule has 0 atom stereocenters. The van der Waals surface area contributed by atoms with Crippen LogP contribution in [0, 0.1) is 0 Å². The number of aromatic nitrogens is 2. The van der Waals surface area contributed by atoms with Crippen molar-refractivity contribution in [2.45, 2.75) is 19.3 Å². The van der Waals surface area contributed by atoms with Crippen LogP contribution < -0.4 is 0 Å². The van der Waals surface area contributed by atoms with Gasteiger partial charge < -0.3 is 25.1 Å². The van der Waals surface area contributed by atoms with Gasteiger partial charge in [-0.2, -0.15) is 0 Å². The first kappa shape index (κ1) is 18.7. The summed E-state index contributed by atoms with van der Waals surface area (Å²) in [6, 6.07) is 0. The van der Waals surface area contributed by atoms with E-state index in [1.54, 1.807) is 6.33 Å². The van der Waals surface area contributed by atoms with Gasteiger partial charge >= 0.3 is 11.9 Å². The number of allylic oxidation sites excluding steroid dienone is 4. The monoisotopic (exact) mass is 335 g/mol. The number of H-pyrrole nitrogens is 1. The van der Waals surface area contributed by atoms with Crippen molar-refractivity contribution in [1.82, 2.24) is 9.97 Å². The summed E-state index contributed by atoms with van der Waals surface area (Å²) in [5, 5.41) is 26.1. The molecule has 0 unspecified atom stereocenters. The number of nitrogens with one attached hydrogen (secondary N) is 1. The number of imidazole rings is 1. The lowest BCUT2D eigenvalue weighted by Crippen LogP contribution is -2.09. The van der Waals surface area contributed by atoms with E-state index in [2.05, 4.69) is 21.0 Å². The highest BCUT2D eigenvalue weighted by atomic mass is 16.5. The summed E-state index contributed by atoms with van der Waals surface area (Å²) in [4.78, 5) is 25.2. The van der Waals surface area contributed by atoms with Gasteiger partial charge in [0.05, 0.1) is 12.9 Å². The second kappa shape index (κ2) is 10.4. The Morgan fingerprint density at radius 1 is 1.38 bits per heavy atom. The van der Waals surface area contributed by atoms with E-state index in [-0.39, 0.29) is 0 Å². The van der Waals surface area contributed by atoms with Gasteiger partial charge in [0.2, 0.25) is 0 Å². The van der Waals surface area contributed by atoms with Gasteiger partial charge in [0, 0.05) is 23.3 Å². The molecule has 0 saturated heterocycles. The van der Waals surface area contributed by atoms with Crippen molar-refractivity contribution < 1.29 is 29.7 Å². The normalized spacial score (nSPS) is 12.3. The van der Waals surface area contributed by atoms with Crippen LogP contribution in [-0.2, 0) is 20.7 Å². The third kappa shape index (κ3) is 7.62. The van der Waals surface area contributed by atoms with E-state index in [0.29, 0.717) is 13.0 Å². The molecule has 9 nitrogen and oxygen atoms in total. The first-order valence-electron chi connectivity index (χ1n) is 6.93. The molecule has 9 heteroatoms. The number of aliphatic carboxylic acids is 2. The topological polar surface area (TPSA) is 145 Å². The molecule has 0 aromatic carbocycles. The Hall–Kier alpha value is -3.32. The molecule has 1 aromatic rings. The van der Waals surface area contributed by atoms with Gasteiger partial charge in [-0.1, -0.05) is 6.08 Å². The molecular weight excluding hydrogens is 318 g/mol. The number of rotatable bonds is 5. The van der Waals surface area contributed by atoms with Gasteiger partial charge in [-0.05, 0) is 36.6 Å². The number of carbonyl (C=O) groups is 2. The van der Waals surface area contributed by atoms with Gasteiger partial charge in [-0.3, -0.25) is 0 Å². The molecule has 1 aliphatic rings. The van der Waals surface area contributed by atoms with Crippen molar-refractivity contribution in [2.75, 3.05) is 6.61 Å². The largest absolute Gasteiger partial charge is 0.494 e. The summed E-state index contributed by atoms with van der Waals surface area (Å²) < 4.78 is 5.61. The molecule has 0 radical (unpaired) electrons. The zero-order valence-electron chi connectivity index (χ0n) is 12.7. The Bertz CT molecular complexity index is 657. The molecule has 0 amide bonds. The van der Waals surface area contributed by atoms with Crippen molar-refractivity contribution in [1.29, 1.82) is 0 Å². The Morgan fingerprint density at radius 2 is 2.12 bits per heavy atom. The average Bonchev–Trinajstić information content (AvgIpc) is 3.06. The summed E-state index contributed by atoms with van der Waals surface area (Å²) >= 11 is 0. The van der Waals surface area contributed by atoms with E-state index in [1.165, 1.54) is 0 Å². The number of hydrogen-bond donors (Lipinski definition) is 4. The highest BCUT2D eigenvalue weighted by Crippen LogP contribution is 2.14. The smallest absolute Gasteiger partial charge is 0.414 e. The van der Waals surface area contributed by atoms with E-state index in [1.807, 2.05) is 24.4 Å². The minimum absolute atomic E-state index is 0.638. The lowest BCUT2D eigenvalue weighted by atomic mass is 10.1. The fraction of sp³-hybridized carbons (Fsp3) is 0.267. The lowest BCUT2D eigenvalue weighted by molar-refractivity contribution is -0.159. The van der Waals surface area contributed by atoms with Crippen LogP contribution in [-0.4, -0.2) is 49.8 Å². The molecule has 0 bridgehead atoms. The molecule has 128 valence electrons. The van der Waals surface area contributed by atoms with Crippen LogP contribution in [0.5, 0.6) is 0 Å². The van der Waals surface area contributed by atoms with Crippen LogP contribution in [0.2, 0.25) is 0 Å². The van der Waals surface area contributed by atoms with Crippen LogP contribution in [0.4, 0.5) is 0 Å². The van der Waals surface area contributed by atoms with Crippen molar-refractivity contribution in [3.63, 3.8) is 0 Å². The SMILES string of the molecule is O=C(O)C(=O)O.ON=C=C1C=C(OCCCc2cnc[nH]2)C=CC1. The standard InChI is InChI=1S/C13H15N3O2.C2H2O4/c17-16-8-11-3-1-5-13(7-11)18-6-2-4-12-9-14-10-15-12;3-1(4)2(5)6/h1,5,7,9-10,17H,2-4,6H2,(H,14,15);(H,3,4)(H,5,6). The van der Waals surface area contributed by atoms with Crippen molar-refractivity contribution in [3.05, 3.63) is 47.8 Å². The maximum absolute atomic E-state index is 9.10.